The largest absolute Gasteiger partial charge is 0.506 e. The van der Waals surface area contributed by atoms with E-state index in [1.807, 2.05) is 83.8 Å². The van der Waals surface area contributed by atoms with Crippen LogP contribution in [0.4, 0.5) is 10.5 Å². The number of aromatic nitrogens is 1. The molecule has 1 atom stereocenters. The third kappa shape index (κ3) is 9.61. The number of carbonyl (C=O) groups is 2. The highest BCUT2D eigenvalue weighted by atomic mass is 16.6. The highest BCUT2D eigenvalue weighted by Crippen LogP contribution is 2.30. The van der Waals surface area contributed by atoms with Gasteiger partial charge < -0.3 is 35.1 Å². The van der Waals surface area contributed by atoms with Gasteiger partial charge in [0.25, 0.3) is 5.91 Å². The van der Waals surface area contributed by atoms with E-state index in [2.05, 4.69) is 20.5 Å². The molecule has 1 aromatic heterocycles. The number of hydrogen-bond donors (Lipinski definition) is 5. The van der Waals surface area contributed by atoms with E-state index in [1.165, 1.54) is 12.1 Å². The molecule has 0 unspecified atom stereocenters. The number of nitrogens with one attached hydrogen (secondary N) is 3. The second kappa shape index (κ2) is 17.8. The van der Waals surface area contributed by atoms with Crippen molar-refractivity contribution >= 4 is 28.6 Å². The van der Waals surface area contributed by atoms with Crippen LogP contribution in [0.5, 0.6) is 5.75 Å². The van der Waals surface area contributed by atoms with Gasteiger partial charge >= 0.3 is 6.09 Å². The molecule has 7 rings (SSSR count). The SMILES string of the molecule is O=C(Nc1ccccc1-c1ccccc1)OC1CCN(CCC2CCN(C(=O)c3ccc(CNC[C@@H](O)c4ccc(O)c5[nH]c(=O)ccc45)cc3)CC2)CC1. The Morgan fingerprint density at radius 1 is 0.836 bits per heavy atom. The van der Waals surface area contributed by atoms with Gasteiger partial charge in [0.1, 0.15) is 11.9 Å². The third-order valence-corrected chi connectivity index (χ3v) is 10.9. The normalized spacial score (nSPS) is 16.2. The molecule has 0 aliphatic carbocycles. The summed E-state index contributed by atoms with van der Waals surface area (Å²) in [7, 11) is 0. The van der Waals surface area contributed by atoms with Gasteiger partial charge in [-0.25, -0.2) is 4.79 Å². The number of amides is 2. The monoisotopic (exact) mass is 743 g/mol. The molecule has 2 aliphatic rings. The number of aromatic amines is 1. The maximum atomic E-state index is 13.3. The molecule has 0 saturated carbocycles. The summed E-state index contributed by atoms with van der Waals surface area (Å²) in [4.78, 5) is 44.9. The Morgan fingerprint density at radius 3 is 2.33 bits per heavy atom. The number of phenolic OH excluding ortho intramolecular Hbond substituents is 1. The van der Waals surface area contributed by atoms with Gasteiger partial charge in [-0.15, -0.1) is 0 Å². The number of ether oxygens (including phenoxy) is 1. The Labute approximate surface area is 321 Å². The van der Waals surface area contributed by atoms with E-state index < -0.39 is 12.2 Å². The lowest BCUT2D eigenvalue weighted by atomic mass is 9.92. The summed E-state index contributed by atoms with van der Waals surface area (Å²) in [5.74, 6) is 0.594. The number of carbonyl (C=O) groups excluding carboxylic acids is 2. The number of para-hydroxylation sites is 1. The highest BCUT2D eigenvalue weighted by molar-refractivity contribution is 5.94. The van der Waals surface area contributed by atoms with Gasteiger partial charge in [0.05, 0.1) is 17.3 Å². The summed E-state index contributed by atoms with van der Waals surface area (Å²) in [6.45, 7) is 5.11. The number of fused-ring (bicyclic) bond motifs is 1. The van der Waals surface area contributed by atoms with Crippen LogP contribution < -0.4 is 16.2 Å². The van der Waals surface area contributed by atoms with Crippen molar-refractivity contribution in [2.24, 2.45) is 5.92 Å². The van der Waals surface area contributed by atoms with Crippen LogP contribution in [-0.4, -0.2) is 82.4 Å². The lowest BCUT2D eigenvalue weighted by molar-refractivity contribution is 0.0547. The molecule has 11 nitrogen and oxygen atoms in total. The van der Waals surface area contributed by atoms with Gasteiger partial charge in [-0.1, -0.05) is 66.7 Å². The second-order valence-electron chi connectivity index (χ2n) is 14.6. The summed E-state index contributed by atoms with van der Waals surface area (Å²) in [5.41, 5.74) is 5.00. The number of aromatic hydroxyl groups is 1. The summed E-state index contributed by atoms with van der Waals surface area (Å²) in [6.07, 6.45) is 3.37. The van der Waals surface area contributed by atoms with Crippen LogP contribution in [0.2, 0.25) is 0 Å². The van der Waals surface area contributed by atoms with Crippen LogP contribution in [0.1, 0.15) is 59.7 Å². The minimum atomic E-state index is -0.848. The van der Waals surface area contributed by atoms with Crippen molar-refractivity contribution in [1.82, 2.24) is 20.1 Å². The minimum Gasteiger partial charge on any atom is -0.506 e. The van der Waals surface area contributed by atoms with Crippen molar-refractivity contribution in [3.05, 3.63) is 130 Å². The first kappa shape index (κ1) is 37.8. The maximum Gasteiger partial charge on any atom is 0.411 e. The highest BCUT2D eigenvalue weighted by Gasteiger charge is 2.26. The first-order valence-corrected chi connectivity index (χ1v) is 19.3. The van der Waals surface area contributed by atoms with Crippen molar-refractivity contribution in [1.29, 1.82) is 0 Å². The second-order valence-corrected chi connectivity index (χ2v) is 14.6. The van der Waals surface area contributed by atoms with Crippen LogP contribution in [0.15, 0.2) is 108 Å². The molecule has 4 aromatic carbocycles. The van der Waals surface area contributed by atoms with E-state index in [0.717, 1.165) is 87.2 Å². The third-order valence-electron chi connectivity index (χ3n) is 10.9. The van der Waals surface area contributed by atoms with Gasteiger partial charge in [-0.05, 0) is 91.6 Å². The number of benzene rings is 4. The van der Waals surface area contributed by atoms with Crippen molar-refractivity contribution < 1.29 is 24.5 Å². The van der Waals surface area contributed by atoms with Gasteiger partial charge in [0, 0.05) is 61.8 Å². The number of rotatable bonds is 12. The number of piperidine rings is 2. The molecule has 2 fully saturated rings. The summed E-state index contributed by atoms with van der Waals surface area (Å²) in [5, 5.41) is 27.8. The molecule has 0 radical (unpaired) electrons. The lowest BCUT2D eigenvalue weighted by Gasteiger charge is -2.35. The fourth-order valence-electron chi connectivity index (χ4n) is 7.75. The van der Waals surface area contributed by atoms with Crippen LogP contribution in [0.25, 0.3) is 22.0 Å². The quantitative estimate of drug-likeness (QED) is 0.0952. The average Bonchev–Trinajstić information content (AvgIpc) is 3.21. The van der Waals surface area contributed by atoms with Crippen LogP contribution >= 0.6 is 0 Å². The van der Waals surface area contributed by atoms with Crippen LogP contribution in [0, 0.1) is 5.92 Å². The molecule has 55 heavy (non-hydrogen) atoms. The summed E-state index contributed by atoms with van der Waals surface area (Å²) in [6, 6.07) is 31.5. The van der Waals surface area contributed by atoms with E-state index in [0.29, 0.717) is 34.5 Å². The van der Waals surface area contributed by atoms with Gasteiger partial charge in [0.2, 0.25) is 5.56 Å². The van der Waals surface area contributed by atoms with Crippen molar-refractivity contribution in [2.75, 3.05) is 44.6 Å². The molecule has 0 spiro atoms. The van der Waals surface area contributed by atoms with Crippen molar-refractivity contribution in [3.8, 4) is 16.9 Å². The Morgan fingerprint density at radius 2 is 1.56 bits per heavy atom. The number of aliphatic hydroxyl groups excluding tert-OH is 1. The van der Waals surface area contributed by atoms with Crippen LogP contribution in [-0.2, 0) is 11.3 Å². The number of nitrogens with zero attached hydrogens (tertiary/aromatic N) is 2. The van der Waals surface area contributed by atoms with Crippen LogP contribution in [0.3, 0.4) is 0 Å². The predicted octanol–water partition coefficient (Wildman–Crippen LogP) is 6.68. The molecule has 2 saturated heterocycles. The molecule has 5 aromatic rings. The summed E-state index contributed by atoms with van der Waals surface area (Å²) < 4.78 is 5.82. The first-order chi connectivity index (χ1) is 26.8. The van der Waals surface area contributed by atoms with E-state index in [9.17, 15) is 24.6 Å². The topological polar surface area (TPSA) is 147 Å². The zero-order chi connectivity index (χ0) is 38.1. The Bertz CT molecular complexity index is 2120. The molecule has 2 aliphatic heterocycles. The van der Waals surface area contributed by atoms with Crippen molar-refractivity contribution in [3.63, 3.8) is 0 Å². The number of anilines is 1. The predicted molar refractivity (Wildman–Crippen MR) is 214 cm³/mol. The molecule has 5 N–H and O–H groups in total. The van der Waals surface area contributed by atoms with Gasteiger partial charge in [-0.2, -0.15) is 0 Å². The van der Waals surface area contributed by atoms with Crippen molar-refractivity contribution in [2.45, 2.75) is 50.9 Å². The minimum absolute atomic E-state index is 0.0445. The average molecular weight is 744 g/mol. The van der Waals surface area contributed by atoms with E-state index in [-0.39, 0.29) is 29.9 Å². The zero-order valence-electron chi connectivity index (χ0n) is 31.0. The maximum absolute atomic E-state index is 13.3. The van der Waals surface area contributed by atoms with E-state index in [1.54, 1.807) is 12.1 Å². The van der Waals surface area contributed by atoms with Gasteiger partial charge in [-0.3, -0.25) is 14.9 Å². The summed E-state index contributed by atoms with van der Waals surface area (Å²) >= 11 is 0. The molecule has 286 valence electrons. The fourth-order valence-corrected chi connectivity index (χ4v) is 7.75. The van der Waals surface area contributed by atoms with E-state index in [4.69, 9.17) is 4.74 Å². The fraction of sp³-hybridized carbons (Fsp3) is 0.341. The number of H-pyrrole nitrogens is 1. The Hall–Kier alpha value is -5.49. The molecule has 0 bridgehead atoms. The number of hydrogen-bond acceptors (Lipinski definition) is 8. The standard InChI is InChI=1S/C44H49N5O6/c50-39-16-14-36(37-15-17-41(52)47-42(37)39)40(51)29-45-28-31-10-12-33(13-11-31)43(53)49-26-19-30(20-27-49)18-23-48-24-21-34(22-25-48)55-44(54)46-38-9-5-4-8-35(38)32-6-2-1-3-7-32/h1-17,30,34,40,45,50-51H,18-29H2,(H,46,54)(H,47,52)/t40-/m1/s1. The molecule has 2 amide bonds. The number of aliphatic hydroxyl groups is 1. The number of likely N-dealkylation sites (tertiary alicyclic amines) is 2. The molecular weight excluding hydrogens is 695 g/mol. The smallest absolute Gasteiger partial charge is 0.411 e. The molecule has 3 heterocycles. The number of pyridine rings is 1. The van der Waals surface area contributed by atoms with E-state index >= 15 is 0 Å². The molecule has 11 heteroatoms. The molecular formula is C44H49N5O6. The Balaban J connectivity index is 0.789. The lowest BCUT2D eigenvalue weighted by Crippen LogP contribution is -2.41. The number of phenols is 1. The Kier molecular flexibility index (Phi) is 12.2. The van der Waals surface area contributed by atoms with Gasteiger partial charge in [0.15, 0.2) is 0 Å². The first-order valence-electron chi connectivity index (χ1n) is 19.3. The zero-order valence-corrected chi connectivity index (χ0v) is 31.0.